The van der Waals surface area contributed by atoms with Crippen molar-refractivity contribution in [1.29, 1.82) is 0 Å². The van der Waals surface area contributed by atoms with Crippen LogP contribution in [0.1, 0.15) is 10.5 Å². The summed E-state index contributed by atoms with van der Waals surface area (Å²) < 4.78 is 0. The Bertz CT molecular complexity index is 716. The molecule has 2 aromatic heterocycles. The van der Waals surface area contributed by atoms with Gasteiger partial charge >= 0.3 is 5.97 Å². The molecule has 3 rings (SSSR count). The highest BCUT2D eigenvalue weighted by molar-refractivity contribution is 5.86. The van der Waals surface area contributed by atoms with Gasteiger partial charge in [0.15, 0.2) is 5.69 Å². The van der Waals surface area contributed by atoms with E-state index in [0.29, 0.717) is 5.69 Å². The third kappa shape index (κ3) is 1.71. The van der Waals surface area contributed by atoms with Crippen molar-refractivity contribution >= 4 is 16.9 Å². The largest absolute Gasteiger partial charge is 0.476 e. The van der Waals surface area contributed by atoms with Gasteiger partial charge in [0, 0.05) is 22.7 Å². The van der Waals surface area contributed by atoms with Crippen LogP contribution in [0.25, 0.3) is 22.2 Å². The summed E-state index contributed by atoms with van der Waals surface area (Å²) in [4.78, 5) is 21.8. The first-order valence-electron chi connectivity index (χ1n) is 5.37. The number of carboxylic acid groups (broad SMARTS) is 1. The molecule has 0 saturated carbocycles. The van der Waals surface area contributed by atoms with Crippen molar-refractivity contribution in [2.45, 2.75) is 0 Å². The van der Waals surface area contributed by atoms with Crippen molar-refractivity contribution in [1.82, 2.24) is 15.0 Å². The minimum atomic E-state index is -1.07. The normalized spacial score (nSPS) is 10.7. The molecular formula is C13H9N3O2. The molecule has 1 aromatic carbocycles. The van der Waals surface area contributed by atoms with Gasteiger partial charge in [-0.15, -0.1) is 0 Å². The van der Waals surface area contributed by atoms with Gasteiger partial charge in [-0.05, 0) is 18.2 Å². The Morgan fingerprint density at radius 1 is 1.17 bits per heavy atom. The minimum absolute atomic E-state index is 0.0542. The quantitative estimate of drug-likeness (QED) is 0.719. The number of rotatable bonds is 2. The van der Waals surface area contributed by atoms with Gasteiger partial charge in [0.1, 0.15) is 0 Å². The average molecular weight is 239 g/mol. The number of nitrogens with zero attached hydrogens (tertiary/aromatic N) is 2. The maximum atomic E-state index is 10.7. The Morgan fingerprint density at radius 2 is 2.06 bits per heavy atom. The lowest BCUT2D eigenvalue weighted by molar-refractivity contribution is 0.0690. The van der Waals surface area contributed by atoms with E-state index in [4.69, 9.17) is 5.11 Å². The van der Waals surface area contributed by atoms with Crippen molar-refractivity contribution in [3.63, 3.8) is 0 Å². The molecule has 18 heavy (non-hydrogen) atoms. The van der Waals surface area contributed by atoms with E-state index < -0.39 is 5.97 Å². The van der Waals surface area contributed by atoms with Gasteiger partial charge in [0.25, 0.3) is 0 Å². The smallest absolute Gasteiger partial charge is 0.356 e. The van der Waals surface area contributed by atoms with Crippen LogP contribution >= 0.6 is 0 Å². The van der Waals surface area contributed by atoms with Crippen LogP contribution in [0.4, 0.5) is 0 Å². The van der Waals surface area contributed by atoms with Crippen LogP contribution < -0.4 is 0 Å². The van der Waals surface area contributed by atoms with Crippen molar-refractivity contribution in [3.8, 4) is 11.3 Å². The number of carbonyl (C=O) groups is 1. The summed E-state index contributed by atoms with van der Waals surface area (Å²) in [7, 11) is 0. The number of nitrogens with one attached hydrogen (secondary N) is 1. The summed E-state index contributed by atoms with van der Waals surface area (Å²) in [5, 5.41) is 9.83. The fourth-order valence-corrected chi connectivity index (χ4v) is 1.80. The Kier molecular flexibility index (Phi) is 2.30. The van der Waals surface area contributed by atoms with Crippen LogP contribution in [0.15, 0.2) is 42.9 Å². The number of fused-ring (bicyclic) bond motifs is 1. The number of carboxylic acids is 1. The van der Waals surface area contributed by atoms with Crippen LogP contribution in [0.3, 0.4) is 0 Å². The summed E-state index contributed by atoms with van der Waals surface area (Å²) >= 11 is 0. The van der Waals surface area contributed by atoms with Crippen molar-refractivity contribution in [2.24, 2.45) is 0 Å². The van der Waals surface area contributed by atoms with Crippen LogP contribution in [-0.4, -0.2) is 26.0 Å². The summed E-state index contributed by atoms with van der Waals surface area (Å²) in [5.41, 5.74) is 2.56. The van der Waals surface area contributed by atoms with Crippen molar-refractivity contribution in [2.75, 3.05) is 0 Å². The Hall–Kier alpha value is -2.69. The second-order valence-electron chi connectivity index (χ2n) is 3.87. The van der Waals surface area contributed by atoms with Crippen molar-refractivity contribution < 1.29 is 9.90 Å². The number of hydrogen-bond donors (Lipinski definition) is 2. The number of aromatic nitrogens is 3. The van der Waals surface area contributed by atoms with E-state index in [9.17, 15) is 4.79 Å². The van der Waals surface area contributed by atoms with Crippen molar-refractivity contribution in [3.05, 3.63) is 48.5 Å². The first-order valence-corrected chi connectivity index (χ1v) is 5.37. The SMILES string of the molecule is O=C(O)c1cnc(-c2ccc3[nH]ccc3c2)cn1. The summed E-state index contributed by atoms with van der Waals surface area (Å²) in [5.74, 6) is -1.07. The third-order valence-electron chi connectivity index (χ3n) is 2.72. The fourth-order valence-electron chi connectivity index (χ4n) is 1.80. The molecule has 0 atom stereocenters. The Balaban J connectivity index is 2.05. The third-order valence-corrected chi connectivity index (χ3v) is 2.72. The van der Waals surface area contributed by atoms with E-state index in [-0.39, 0.29) is 5.69 Å². The summed E-state index contributed by atoms with van der Waals surface area (Å²) in [6.45, 7) is 0. The molecule has 0 spiro atoms. The second kappa shape index (κ2) is 3.96. The topological polar surface area (TPSA) is 78.9 Å². The number of benzene rings is 1. The maximum absolute atomic E-state index is 10.7. The van der Waals surface area contributed by atoms with Gasteiger partial charge in [0.2, 0.25) is 0 Å². The highest BCUT2D eigenvalue weighted by atomic mass is 16.4. The minimum Gasteiger partial charge on any atom is -0.476 e. The molecule has 0 saturated heterocycles. The molecule has 0 aliphatic carbocycles. The molecular weight excluding hydrogens is 230 g/mol. The monoisotopic (exact) mass is 239 g/mol. The lowest BCUT2D eigenvalue weighted by atomic mass is 10.1. The predicted octanol–water partition coefficient (Wildman–Crippen LogP) is 2.32. The second-order valence-corrected chi connectivity index (χ2v) is 3.87. The standard InChI is InChI=1S/C13H9N3O2/c17-13(18)12-7-15-11(6-16-12)8-1-2-10-9(5-8)3-4-14-10/h1-7,14H,(H,17,18). The predicted molar refractivity (Wildman–Crippen MR) is 66.3 cm³/mol. The molecule has 0 radical (unpaired) electrons. The van der Waals surface area contributed by atoms with E-state index in [0.717, 1.165) is 16.5 Å². The van der Waals surface area contributed by atoms with Gasteiger partial charge in [0.05, 0.1) is 18.1 Å². The van der Waals surface area contributed by atoms with E-state index in [1.54, 1.807) is 0 Å². The van der Waals surface area contributed by atoms with E-state index in [1.807, 2.05) is 30.5 Å². The highest BCUT2D eigenvalue weighted by Crippen LogP contribution is 2.21. The van der Waals surface area contributed by atoms with Crippen LogP contribution in [0.2, 0.25) is 0 Å². The van der Waals surface area contributed by atoms with Gasteiger partial charge in [-0.3, -0.25) is 4.98 Å². The lowest BCUT2D eigenvalue weighted by Crippen LogP contribution is -2.01. The molecule has 3 aromatic rings. The van der Waals surface area contributed by atoms with Gasteiger partial charge in [-0.25, -0.2) is 9.78 Å². The Labute approximate surface area is 102 Å². The molecule has 2 heterocycles. The number of H-pyrrole nitrogens is 1. The molecule has 0 amide bonds. The molecule has 0 bridgehead atoms. The maximum Gasteiger partial charge on any atom is 0.356 e. The molecule has 0 aliphatic heterocycles. The highest BCUT2D eigenvalue weighted by Gasteiger charge is 2.06. The summed E-state index contributed by atoms with van der Waals surface area (Å²) in [6.07, 6.45) is 4.60. The average Bonchev–Trinajstić information content (AvgIpc) is 2.86. The molecule has 0 aliphatic rings. The van der Waals surface area contributed by atoms with Crippen LogP contribution in [0, 0.1) is 0 Å². The van der Waals surface area contributed by atoms with E-state index >= 15 is 0 Å². The summed E-state index contributed by atoms with van der Waals surface area (Å²) in [6, 6.07) is 7.83. The molecule has 0 unspecified atom stereocenters. The van der Waals surface area contributed by atoms with Gasteiger partial charge in [-0.1, -0.05) is 6.07 Å². The van der Waals surface area contributed by atoms with E-state index in [1.165, 1.54) is 12.4 Å². The van der Waals surface area contributed by atoms with Gasteiger partial charge < -0.3 is 10.1 Å². The zero-order valence-corrected chi connectivity index (χ0v) is 9.29. The van der Waals surface area contributed by atoms with Crippen LogP contribution in [-0.2, 0) is 0 Å². The first-order chi connectivity index (χ1) is 8.74. The molecule has 88 valence electrons. The number of aromatic amines is 1. The molecule has 2 N–H and O–H groups in total. The zero-order valence-electron chi connectivity index (χ0n) is 9.29. The first kappa shape index (κ1) is 10.5. The number of hydrogen-bond acceptors (Lipinski definition) is 3. The van der Waals surface area contributed by atoms with E-state index in [2.05, 4.69) is 15.0 Å². The molecule has 5 heteroatoms. The fraction of sp³-hybridized carbons (Fsp3) is 0. The lowest BCUT2D eigenvalue weighted by Gasteiger charge is -2.01. The molecule has 5 nitrogen and oxygen atoms in total. The van der Waals surface area contributed by atoms with Gasteiger partial charge in [-0.2, -0.15) is 0 Å². The van der Waals surface area contributed by atoms with Crippen LogP contribution in [0.5, 0.6) is 0 Å². The molecule has 0 fully saturated rings. The zero-order chi connectivity index (χ0) is 12.5. The Morgan fingerprint density at radius 3 is 2.78 bits per heavy atom. The number of aromatic carboxylic acids is 1.